The van der Waals surface area contributed by atoms with Crippen molar-refractivity contribution in [2.75, 3.05) is 0 Å². The number of hydrogen-bond acceptors (Lipinski definition) is 3. The molecule has 4 N–H and O–H groups in total. The summed E-state index contributed by atoms with van der Waals surface area (Å²) in [5.41, 5.74) is 5.25. The van der Waals surface area contributed by atoms with E-state index in [4.69, 9.17) is 10.8 Å². The van der Waals surface area contributed by atoms with Crippen LogP contribution >= 0.6 is 0 Å². The molecule has 0 saturated heterocycles. The van der Waals surface area contributed by atoms with Gasteiger partial charge in [-0.05, 0) is 6.08 Å². The van der Waals surface area contributed by atoms with Crippen LogP contribution in [0.15, 0.2) is 12.3 Å². The van der Waals surface area contributed by atoms with E-state index in [0.717, 1.165) is 6.08 Å². The Morgan fingerprint density at radius 1 is 1.62 bits per heavy atom. The molecule has 0 aliphatic rings. The highest BCUT2D eigenvalue weighted by atomic mass is 16.4. The van der Waals surface area contributed by atoms with Crippen LogP contribution in [-0.4, -0.2) is 27.0 Å². The van der Waals surface area contributed by atoms with Crippen molar-refractivity contribution in [1.82, 2.24) is 9.97 Å². The zero-order valence-electron chi connectivity index (χ0n) is 6.52. The Morgan fingerprint density at radius 3 is 2.77 bits per heavy atom. The van der Waals surface area contributed by atoms with Gasteiger partial charge in [-0.25, -0.2) is 9.78 Å². The van der Waals surface area contributed by atoms with Crippen molar-refractivity contribution in [3.8, 4) is 0 Å². The molecule has 0 aromatic carbocycles. The van der Waals surface area contributed by atoms with E-state index in [1.54, 1.807) is 0 Å². The molecule has 13 heavy (non-hydrogen) atoms. The van der Waals surface area contributed by atoms with E-state index in [0.29, 0.717) is 5.69 Å². The molecule has 0 atom stereocenters. The van der Waals surface area contributed by atoms with Gasteiger partial charge in [-0.3, -0.25) is 4.79 Å². The zero-order chi connectivity index (χ0) is 9.84. The van der Waals surface area contributed by atoms with Crippen LogP contribution in [0.5, 0.6) is 0 Å². The molecular weight excluding hydrogens is 174 g/mol. The van der Waals surface area contributed by atoms with E-state index in [1.165, 1.54) is 12.3 Å². The Bertz CT molecular complexity index is 367. The van der Waals surface area contributed by atoms with Gasteiger partial charge in [0.05, 0.1) is 5.69 Å². The summed E-state index contributed by atoms with van der Waals surface area (Å²) in [6.07, 6.45) is 3.56. The molecule has 6 heteroatoms. The van der Waals surface area contributed by atoms with E-state index in [-0.39, 0.29) is 5.82 Å². The SMILES string of the molecule is NC(=O)c1nc(C=CC(=O)O)c[nH]1. The summed E-state index contributed by atoms with van der Waals surface area (Å²) in [6, 6.07) is 0. The van der Waals surface area contributed by atoms with Crippen molar-refractivity contribution in [3.63, 3.8) is 0 Å². The monoisotopic (exact) mass is 181 g/mol. The third-order valence-electron chi connectivity index (χ3n) is 1.23. The van der Waals surface area contributed by atoms with Crippen LogP contribution in [-0.2, 0) is 4.79 Å². The van der Waals surface area contributed by atoms with Crippen molar-refractivity contribution in [1.29, 1.82) is 0 Å². The van der Waals surface area contributed by atoms with Crippen LogP contribution < -0.4 is 5.73 Å². The largest absolute Gasteiger partial charge is 0.478 e. The lowest BCUT2D eigenvalue weighted by Gasteiger charge is -1.82. The standard InChI is InChI=1S/C7H7N3O3/c8-6(13)7-9-3-4(10-7)1-2-5(11)12/h1-3H,(H2,8,13)(H,9,10)(H,11,12). The number of aromatic amines is 1. The molecule has 0 bridgehead atoms. The van der Waals surface area contributed by atoms with Crippen LogP contribution in [0.25, 0.3) is 6.08 Å². The summed E-state index contributed by atoms with van der Waals surface area (Å²) >= 11 is 0. The number of nitrogens with one attached hydrogen (secondary N) is 1. The number of hydrogen-bond donors (Lipinski definition) is 3. The van der Waals surface area contributed by atoms with Crippen molar-refractivity contribution < 1.29 is 14.7 Å². The first-order valence-electron chi connectivity index (χ1n) is 3.36. The molecule has 0 saturated carbocycles. The summed E-state index contributed by atoms with van der Waals surface area (Å²) in [4.78, 5) is 26.8. The average molecular weight is 181 g/mol. The number of nitrogens with two attached hydrogens (primary N) is 1. The fourth-order valence-electron chi connectivity index (χ4n) is 0.704. The zero-order valence-corrected chi connectivity index (χ0v) is 6.52. The molecule has 0 unspecified atom stereocenters. The maximum absolute atomic E-state index is 10.5. The van der Waals surface area contributed by atoms with Crippen LogP contribution in [0, 0.1) is 0 Å². The topological polar surface area (TPSA) is 109 Å². The second-order valence-electron chi connectivity index (χ2n) is 2.21. The molecule has 6 nitrogen and oxygen atoms in total. The molecule has 1 aromatic heterocycles. The van der Waals surface area contributed by atoms with Crippen LogP contribution in [0.2, 0.25) is 0 Å². The number of carboxylic acids is 1. The van der Waals surface area contributed by atoms with Crippen molar-refractivity contribution in [2.45, 2.75) is 0 Å². The van der Waals surface area contributed by atoms with Crippen LogP contribution in [0.4, 0.5) is 0 Å². The van der Waals surface area contributed by atoms with E-state index in [2.05, 4.69) is 9.97 Å². The Kier molecular flexibility index (Phi) is 2.44. The van der Waals surface area contributed by atoms with E-state index in [1.807, 2.05) is 0 Å². The number of H-pyrrole nitrogens is 1. The fraction of sp³-hybridized carbons (Fsp3) is 0. The molecule has 1 aromatic rings. The van der Waals surface area contributed by atoms with Gasteiger partial charge in [0, 0.05) is 12.3 Å². The lowest BCUT2D eigenvalue weighted by Crippen LogP contribution is -2.12. The van der Waals surface area contributed by atoms with E-state index < -0.39 is 11.9 Å². The number of imidazole rings is 1. The number of primary amides is 1. The summed E-state index contributed by atoms with van der Waals surface area (Å²) in [7, 11) is 0. The number of rotatable bonds is 3. The highest BCUT2D eigenvalue weighted by Crippen LogP contribution is 1.98. The summed E-state index contributed by atoms with van der Waals surface area (Å²) in [5.74, 6) is -1.76. The molecule has 1 amide bonds. The molecular formula is C7H7N3O3. The number of amides is 1. The van der Waals surface area contributed by atoms with Crippen molar-refractivity contribution in [3.05, 3.63) is 23.8 Å². The van der Waals surface area contributed by atoms with Gasteiger partial charge in [0.15, 0.2) is 5.82 Å². The summed E-state index contributed by atoms with van der Waals surface area (Å²) in [6.45, 7) is 0. The molecule has 0 aliphatic carbocycles. The number of carbonyl (C=O) groups excluding carboxylic acids is 1. The van der Waals surface area contributed by atoms with Gasteiger partial charge < -0.3 is 15.8 Å². The Hall–Kier alpha value is -2.11. The Balaban J connectivity index is 2.80. The lowest BCUT2D eigenvalue weighted by molar-refractivity contribution is -0.131. The highest BCUT2D eigenvalue weighted by Gasteiger charge is 2.03. The van der Waals surface area contributed by atoms with Gasteiger partial charge in [0.25, 0.3) is 5.91 Å². The summed E-state index contributed by atoms with van der Waals surface area (Å²) < 4.78 is 0. The minimum atomic E-state index is -1.08. The Morgan fingerprint density at radius 2 is 2.31 bits per heavy atom. The second-order valence-corrected chi connectivity index (χ2v) is 2.21. The smallest absolute Gasteiger partial charge is 0.328 e. The van der Waals surface area contributed by atoms with Crippen molar-refractivity contribution >= 4 is 18.0 Å². The number of carboxylic acid groups (broad SMARTS) is 1. The minimum Gasteiger partial charge on any atom is -0.478 e. The van der Waals surface area contributed by atoms with Gasteiger partial charge in [-0.2, -0.15) is 0 Å². The number of nitrogens with zero attached hydrogens (tertiary/aromatic N) is 1. The molecule has 1 rings (SSSR count). The predicted molar refractivity (Wildman–Crippen MR) is 43.8 cm³/mol. The van der Waals surface area contributed by atoms with E-state index in [9.17, 15) is 9.59 Å². The number of aliphatic carboxylic acids is 1. The first-order chi connectivity index (χ1) is 6.09. The van der Waals surface area contributed by atoms with Crippen molar-refractivity contribution in [2.24, 2.45) is 5.73 Å². The first kappa shape index (κ1) is 8.98. The van der Waals surface area contributed by atoms with Crippen LogP contribution in [0.1, 0.15) is 16.3 Å². The quantitative estimate of drug-likeness (QED) is 0.551. The molecule has 0 radical (unpaired) electrons. The molecule has 68 valence electrons. The van der Waals surface area contributed by atoms with Crippen LogP contribution in [0.3, 0.4) is 0 Å². The maximum atomic E-state index is 10.5. The highest BCUT2D eigenvalue weighted by molar-refractivity contribution is 5.89. The number of aromatic nitrogens is 2. The lowest BCUT2D eigenvalue weighted by atomic mass is 10.4. The summed E-state index contributed by atoms with van der Waals surface area (Å²) in [5, 5.41) is 8.27. The maximum Gasteiger partial charge on any atom is 0.328 e. The first-order valence-corrected chi connectivity index (χ1v) is 3.36. The van der Waals surface area contributed by atoms with E-state index >= 15 is 0 Å². The van der Waals surface area contributed by atoms with Gasteiger partial charge in [0.1, 0.15) is 0 Å². The molecule has 1 heterocycles. The predicted octanol–water partition coefficient (Wildman–Crippen LogP) is -0.394. The molecule has 0 aliphatic heterocycles. The van der Waals surface area contributed by atoms with Gasteiger partial charge in [0.2, 0.25) is 0 Å². The third-order valence-corrected chi connectivity index (χ3v) is 1.23. The third kappa shape index (κ3) is 2.44. The van der Waals surface area contributed by atoms with Gasteiger partial charge in [-0.15, -0.1) is 0 Å². The second kappa shape index (κ2) is 3.53. The normalized spacial score (nSPS) is 10.5. The number of carbonyl (C=O) groups is 2. The van der Waals surface area contributed by atoms with Gasteiger partial charge in [-0.1, -0.05) is 0 Å². The Labute approximate surface area is 73.1 Å². The van der Waals surface area contributed by atoms with Gasteiger partial charge >= 0.3 is 5.97 Å². The molecule has 0 fully saturated rings. The fourth-order valence-corrected chi connectivity index (χ4v) is 0.704. The average Bonchev–Trinajstić information content (AvgIpc) is 2.48. The molecule has 0 spiro atoms. The minimum absolute atomic E-state index is 0.00467.